The van der Waals surface area contributed by atoms with Gasteiger partial charge in [0.2, 0.25) is 0 Å². The quantitative estimate of drug-likeness (QED) is 0.561. The molecule has 0 bridgehead atoms. The number of nitrogens with zero attached hydrogens (tertiary/aromatic N) is 2. The van der Waals surface area contributed by atoms with Crippen LogP contribution in [0.15, 0.2) is 42.5 Å². The summed E-state index contributed by atoms with van der Waals surface area (Å²) in [6, 6.07) is 16.0. The molecule has 114 valence electrons. The van der Waals surface area contributed by atoms with Crippen LogP contribution in [0.1, 0.15) is 36.6 Å². The maximum atomic E-state index is 9.69. The van der Waals surface area contributed by atoms with Crippen LogP contribution in [-0.4, -0.2) is 10.8 Å². The first-order valence-electron chi connectivity index (χ1n) is 7.52. The standard InChI is InChI=1S/C19H18N4/c1-12(2)19-16(11-21)15-9-17(22)13(10-20)8-18(15)23(19)14-6-4-3-5-7-14/h3-10,12,20H,22H2,1-2H3. The Labute approximate surface area is 135 Å². The highest BCUT2D eigenvalue weighted by Gasteiger charge is 2.21. The highest BCUT2D eigenvalue weighted by Crippen LogP contribution is 2.35. The molecule has 2 aromatic carbocycles. The Hall–Kier alpha value is -3.06. The van der Waals surface area contributed by atoms with Crippen molar-refractivity contribution in [2.45, 2.75) is 19.8 Å². The number of para-hydroxylation sites is 1. The number of fused-ring (bicyclic) bond motifs is 1. The van der Waals surface area contributed by atoms with Gasteiger partial charge in [-0.1, -0.05) is 32.0 Å². The highest BCUT2D eigenvalue weighted by molar-refractivity contribution is 5.98. The van der Waals surface area contributed by atoms with Crippen LogP contribution in [0.5, 0.6) is 0 Å². The van der Waals surface area contributed by atoms with E-state index in [1.165, 1.54) is 6.21 Å². The third-order valence-electron chi connectivity index (χ3n) is 4.04. The average Bonchev–Trinajstić information content (AvgIpc) is 2.88. The van der Waals surface area contributed by atoms with Crippen molar-refractivity contribution in [1.82, 2.24) is 4.57 Å². The van der Waals surface area contributed by atoms with Crippen molar-refractivity contribution in [3.63, 3.8) is 0 Å². The van der Waals surface area contributed by atoms with Crippen LogP contribution in [0.4, 0.5) is 5.69 Å². The first-order chi connectivity index (χ1) is 11.1. The number of nitrogens with one attached hydrogen (secondary N) is 1. The molecule has 0 fully saturated rings. The van der Waals surface area contributed by atoms with Crippen molar-refractivity contribution in [3.05, 3.63) is 59.3 Å². The van der Waals surface area contributed by atoms with Crippen LogP contribution in [0.3, 0.4) is 0 Å². The number of aromatic nitrogens is 1. The van der Waals surface area contributed by atoms with E-state index < -0.39 is 0 Å². The Kier molecular flexibility index (Phi) is 3.63. The van der Waals surface area contributed by atoms with Crippen LogP contribution in [0.2, 0.25) is 0 Å². The fourth-order valence-electron chi connectivity index (χ4n) is 3.03. The van der Waals surface area contributed by atoms with Gasteiger partial charge in [-0.25, -0.2) is 0 Å². The van der Waals surface area contributed by atoms with Gasteiger partial charge in [0.05, 0.1) is 11.1 Å². The minimum Gasteiger partial charge on any atom is -0.398 e. The Morgan fingerprint density at radius 2 is 1.91 bits per heavy atom. The molecular formula is C19H18N4. The molecule has 0 spiro atoms. The second kappa shape index (κ2) is 5.62. The largest absolute Gasteiger partial charge is 0.398 e. The van der Waals surface area contributed by atoms with Gasteiger partial charge < -0.3 is 15.7 Å². The molecule has 3 N–H and O–H groups in total. The molecule has 1 heterocycles. The zero-order valence-corrected chi connectivity index (χ0v) is 13.2. The first-order valence-corrected chi connectivity index (χ1v) is 7.52. The molecule has 0 unspecified atom stereocenters. The number of rotatable bonds is 3. The molecule has 0 aliphatic rings. The van der Waals surface area contributed by atoms with Gasteiger partial charge in [-0.2, -0.15) is 5.26 Å². The van der Waals surface area contributed by atoms with Gasteiger partial charge in [-0.05, 0) is 30.2 Å². The molecule has 3 aromatic rings. The van der Waals surface area contributed by atoms with Gasteiger partial charge >= 0.3 is 0 Å². The van der Waals surface area contributed by atoms with Crippen LogP contribution in [0.25, 0.3) is 16.6 Å². The number of nitrogen functional groups attached to an aromatic ring is 1. The normalized spacial score (nSPS) is 10.9. The van der Waals surface area contributed by atoms with Crippen molar-refractivity contribution < 1.29 is 0 Å². The van der Waals surface area contributed by atoms with Gasteiger partial charge in [0.1, 0.15) is 6.07 Å². The molecular weight excluding hydrogens is 284 g/mol. The minimum atomic E-state index is 0.182. The van der Waals surface area contributed by atoms with E-state index >= 15 is 0 Å². The van der Waals surface area contributed by atoms with E-state index in [0.29, 0.717) is 16.8 Å². The molecule has 4 nitrogen and oxygen atoms in total. The van der Waals surface area contributed by atoms with E-state index in [2.05, 4.69) is 24.5 Å². The number of benzene rings is 2. The van der Waals surface area contributed by atoms with Crippen molar-refractivity contribution in [3.8, 4) is 11.8 Å². The second-order valence-corrected chi connectivity index (χ2v) is 5.84. The zero-order chi connectivity index (χ0) is 16.6. The van der Waals surface area contributed by atoms with E-state index in [1.807, 2.05) is 36.4 Å². The molecule has 1 aromatic heterocycles. The number of nitrogens with two attached hydrogens (primary N) is 1. The smallest absolute Gasteiger partial charge is 0.102 e. The van der Waals surface area contributed by atoms with Gasteiger partial charge in [-0.3, -0.25) is 0 Å². The van der Waals surface area contributed by atoms with Crippen LogP contribution in [0, 0.1) is 16.7 Å². The van der Waals surface area contributed by atoms with Crippen LogP contribution in [-0.2, 0) is 0 Å². The van der Waals surface area contributed by atoms with Gasteiger partial charge in [0.15, 0.2) is 0 Å². The van der Waals surface area contributed by atoms with Crippen molar-refractivity contribution in [1.29, 1.82) is 10.7 Å². The molecule has 0 radical (unpaired) electrons. The van der Waals surface area contributed by atoms with Crippen molar-refractivity contribution in [2.75, 3.05) is 5.73 Å². The van der Waals surface area contributed by atoms with E-state index in [0.717, 1.165) is 22.3 Å². The Balaban J connectivity index is 2.52. The predicted octanol–water partition coefficient (Wildman–Crippen LogP) is 4.21. The Morgan fingerprint density at radius 3 is 2.48 bits per heavy atom. The van der Waals surface area contributed by atoms with Crippen molar-refractivity contribution in [2.24, 2.45) is 0 Å². The third-order valence-corrected chi connectivity index (χ3v) is 4.04. The molecule has 4 heteroatoms. The summed E-state index contributed by atoms with van der Waals surface area (Å²) in [7, 11) is 0. The molecule has 0 saturated carbocycles. The monoisotopic (exact) mass is 302 g/mol. The number of nitriles is 1. The lowest BCUT2D eigenvalue weighted by atomic mass is 10.0. The van der Waals surface area contributed by atoms with Crippen LogP contribution < -0.4 is 5.73 Å². The Bertz CT molecular complexity index is 928. The Morgan fingerprint density at radius 1 is 1.22 bits per heavy atom. The fourth-order valence-corrected chi connectivity index (χ4v) is 3.03. The average molecular weight is 302 g/mol. The van der Waals surface area contributed by atoms with Crippen LogP contribution >= 0.6 is 0 Å². The maximum Gasteiger partial charge on any atom is 0.102 e. The molecule has 23 heavy (non-hydrogen) atoms. The maximum absolute atomic E-state index is 9.69. The highest BCUT2D eigenvalue weighted by atomic mass is 15.0. The summed E-state index contributed by atoms with van der Waals surface area (Å²) < 4.78 is 2.10. The number of hydrogen-bond acceptors (Lipinski definition) is 3. The predicted molar refractivity (Wildman–Crippen MR) is 94.4 cm³/mol. The van der Waals surface area contributed by atoms with Gasteiger partial charge in [-0.15, -0.1) is 0 Å². The topological polar surface area (TPSA) is 78.6 Å². The SMILES string of the molecule is CC(C)c1c(C#N)c2cc(N)c(C=N)cc2n1-c1ccccc1. The summed E-state index contributed by atoms with van der Waals surface area (Å²) >= 11 is 0. The van der Waals surface area contributed by atoms with E-state index in [-0.39, 0.29) is 5.92 Å². The summed E-state index contributed by atoms with van der Waals surface area (Å²) in [5.74, 6) is 0.182. The molecule has 0 atom stereocenters. The summed E-state index contributed by atoms with van der Waals surface area (Å²) in [6.07, 6.45) is 1.25. The second-order valence-electron chi connectivity index (χ2n) is 5.84. The molecule has 0 saturated heterocycles. The molecule has 3 rings (SSSR count). The van der Waals surface area contributed by atoms with Gasteiger partial charge in [0.25, 0.3) is 0 Å². The van der Waals surface area contributed by atoms with Crippen molar-refractivity contribution >= 4 is 22.8 Å². The summed E-state index contributed by atoms with van der Waals surface area (Å²) in [5.41, 5.74) is 10.7. The van der Waals surface area contributed by atoms with E-state index in [9.17, 15) is 5.26 Å². The van der Waals surface area contributed by atoms with Gasteiger partial charge in [0, 0.05) is 34.2 Å². The number of anilines is 1. The minimum absolute atomic E-state index is 0.182. The van der Waals surface area contributed by atoms with E-state index in [4.69, 9.17) is 11.1 Å². The summed E-state index contributed by atoms with van der Waals surface area (Å²) in [5, 5.41) is 18.1. The molecule has 0 amide bonds. The third kappa shape index (κ3) is 2.27. The molecule has 0 aliphatic heterocycles. The first kappa shape index (κ1) is 14.9. The lowest BCUT2D eigenvalue weighted by Crippen LogP contribution is -2.03. The number of hydrogen-bond donors (Lipinski definition) is 2. The lowest BCUT2D eigenvalue weighted by Gasteiger charge is -2.14. The molecule has 0 aliphatic carbocycles. The van der Waals surface area contributed by atoms with E-state index in [1.54, 1.807) is 6.07 Å². The summed E-state index contributed by atoms with van der Waals surface area (Å²) in [6.45, 7) is 4.16. The lowest BCUT2D eigenvalue weighted by molar-refractivity contribution is 0.792. The fraction of sp³-hybridized carbons (Fsp3) is 0.158. The zero-order valence-electron chi connectivity index (χ0n) is 13.2. The summed E-state index contributed by atoms with van der Waals surface area (Å²) in [4.78, 5) is 0.